The molecule has 2 rings (SSSR count). The second-order valence-electron chi connectivity index (χ2n) is 3.37. The fourth-order valence-electron chi connectivity index (χ4n) is 1.61. The Hall–Kier alpha value is -2.29. The molecule has 1 aromatic carbocycles. The Morgan fingerprint density at radius 2 is 1.75 bits per heavy atom. The van der Waals surface area contributed by atoms with Gasteiger partial charge in [0, 0.05) is 17.2 Å². The van der Waals surface area contributed by atoms with Gasteiger partial charge < -0.3 is 0 Å². The number of carbonyl (C=O) groups excluding carboxylic acids is 3. The Morgan fingerprint density at radius 3 is 2.38 bits per heavy atom. The lowest BCUT2D eigenvalue weighted by atomic mass is 9.88. The van der Waals surface area contributed by atoms with Crippen LogP contribution in [-0.4, -0.2) is 17.3 Å². The third-order valence-corrected chi connectivity index (χ3v) is 2.41. The summed E-state index contributed by atoms with van der Waals surface area (Å²) in [6.45, 7) is 3.30. The second kappa shape index (κ2) is 3.70. The molecule has 0 aromatic heterocycles. The first-order chi connectivity index (χ1) is 7.65. The molecule has 0 radical (unpaired) electrons. The Balaban J connectivity index is 2.60. The van der Waals surface area contributed by atoms with Gasteiger partial charge in [-0.15, -0.1) is 0 Å². The van der Waals surface area contributed by atoms with Gasteiger partial charge in [-0.2, -0.15) is 0 Å². The van der Waals surface area contributed by atoms with Gasteiger partial charge in [0.05, 0.1) is 5.57 Å². The molecule has 1 aliphatic carbocycles. The van der Waals surface area contributed by atoms with E-state index in [0.29, 0.717) is 5.56 Å². The largest absolute Gasteiger partial charge is 0.289 e. The van der Waals surface area contributed by atoms with Crippen LogP contribution in [0.4, 0.5) is 0 Å². The van der Waals surface area contributed by atoms with E-state index in [9.17, 15) is 14.4 Å². The molecular weight excluding hydrogens is 204 g/mol. The molecule has 0 unspecified atom stereocenters. The first kappa shape index (κ1) is 10.2. The van der Waals surface area contributed by atoms with Crippen molar-refractivity contribution in [3.05, 3.63) is 59.7 Å². The maximum atomic E-state index is 11.9. The minimum absolute atomic E-state index is 0.112. The third kappa shape index (κ3) is 1.42. The summed E-state index contributed by atoms with van der Waals surface area (Å²) in [4.78, 5) is 34.9. The highest BCUT2D eigenvalue weighted by molar-refractivity contribution is 6.36. The normalized spacial score (nSPS) is 14.1. The summed E-state index contributed by atoms with van der Waals surface area (Å²) in [7, 11) is 0. The van der Waals surface area contributed by atoms with Gasteiger partial charge in [0.1, 0.15) is 0 Å². The predicted molar refractivity (Wildman–Crippen MR) is 58.4 cm³/mol. The van der Waals surface area contributed by atoms with Gasteiger partial charge in [0.15, 0.2) is 17.3 Å². The monoisotopic (exact) mass is 212 g/mol. The molecule has 1 aliphatic rings. The number of carbonyl (C=O) groups is 3. The average molecular weight is 212 g/mol. The van der Waals surface area contributed by atoms with E-state index in [2.05, 4.69) is 6.58 Å². The van der Waals surface area contributed by atoms with Gasteiger partial charge in [-0.05, 0) is 6.08 Å². The summed E-state index contributed by atoms with van der Waals surface area (Å²) < 4.78 is 0. The fourth-order valence-corrected chi connectivity index (χ4v) is 1.61. The van der Waals surface area contributed by atoms with Crippen molar-refractivity contribution in [3.8, 4) is 0 Å². The second-order valence-corrected chi connectivity index (χ2v) is 3.37. The SMILES string of the molecule is C=CC(=O)C1=CC(=O)c2ccccc2C1=O. The number of hydrogen-bond donors (Lipinski definition) is 0. The molecule has 0 atom stereocenters. The van der Waals surface area contributed by atoms with E-state index in [1.165, 1.54) is 0 Å². The van der Waals surface area contributed by atoms with Crippen molar-refractivity contribution in [1.29, 1.82) is 0 Å². The van der Waals surface area contributed by atoms with Crippen LogP contribution in [0.5, 0.6) is 0 Å². The molecule has 16 heavy (non-hydrogen) atoms. The molecule has 0 saturated heterocycles. The number of ketones is 3. The molecule has 0 amide bonds. The molecule has 0 saturated carbocycles. The Morgan fingerprint density at radius 1 is 1.12 bits per heavy atom. The summed E-state index contributed by atoms with van der Waals surface area (Å²) in [5.41, 5.74) is 0.506. The Labute approximate surface area is 92.1 Å². The Kier molecular flexibility index (Phi) is 2.37. The maximum Gasteiger partial charge on any atom is 0.197 e. The van der Waals surface area contributed by atoms with Gasteiger partial charge in [0.25, 0.3) is 0 Å². The van der Waals surface area contributed by atoms with E-state index < -0.39 is 11.6 Å². The molecule has 0 aliphatic heterocycles. The van der Waals surface area contributed by atoms with Crippen molar-refractivity contribution >= 4 is 17.3 Å². The van der Waals surface area contributed by atoms with E-state index >= 15 is 0 Å². The standard InChI is InChI=1S/C13H8O3/c1-2-11(14)10-7-12(15)8-5-3-4-6-9(8)13(10)16/h2-7H,1H2. The molecule has 1 aromatic rings. The van der Waals surface area contributed by atoms with Crippen molar-refractivity contribution in [2.75, 3.05) is 0 Å². The minimum Gasteiger partial charge on any atom is -0.289 e. The van der Waals surface area contributed by atoms with Gasteiger partial charge in [-0.3, -0.25) is 14.4 Å². The number of Topliss-reactive ketones (excluding diaryl/α,β-unsaturated/α-hetero) is 1. The van der Waals surface area contributed by atoms with Crippen LogP contribution in [0.2, 0.25) is 0 Å². The zero-order valence-corrected chi connectivity index (χ0v) is 8.40. The molecule has 0 N–H and O–H groups in total. The topological polar surface area (TPSA) is 51.2 Å². The van der Waals surface area contributed by atoms with Crippen LogP contribution in [0.1, 0.15) is 20.7 Å². The molecule has 78 valence electrons. The molecule has 0 spiro atoms. The van der Waals surface area contributed by atoms with E-state index in [1.54, 1.807) is 24.3 Å². The quantitative estimate of drug-likeness (QED) is 0.554. The van der Waals surface area contributed by atoms with Crippen LogP contribution < -0.4 is 0 Å². The van der Waals surface area contributed by atoms with Gasteiger partial charge in [-0.25, -0.2) is 0 Å². The zero-order chi connectivity index (χ0) is 11.7. The van der Waals surface area contributed by atoms with E-state index in [4.69, 9.17) is 0 Å². The molecule has 0 fully saturated rings. The van der Waals surface area contributed by atoms with Crippen LogP contribution in [0.25, 0.3) is 0 Å². The summed E-state index contributed by atoms with van der Waals surface area (Å²) in [6.07, 6.45) is 2.11. The number of fused-ring (bicyclic) bond motifs is 1. The number of benzene rings is 1. The van der Waals surface area contributed by atoms with Gasteiger partial charge >= 0.3 is 0 Å². The van der Waals surface area contributed by atoms with E-state index in [-0.39, 0.29) is 16.9 Å². The van der Waals surface area contributed by atoms with E-state index in [1.807, 2.05) is 0 Å². The molecule has 0 bridgehead atoms. The fraction of sp³-hybridized carbons (Fsp3) is 0. The minimum atomic E-state index is -0.521. The Bertz CT molecular complexity index is 550. The van der Waals surface area contributed by atoms with Crippen LogP contribution in [0.3, 0.4) is 0 Å². The first-order valence-corrected chi connectivity index (χ1v) is 4.71. The van der Waals surface area contributed by atoms with Gasteiger partial charge in [-0.1, -0.05) is 30.8 Å². The number of allylic oxidation sites excluding steroid dienone is 3. The van der Waals surface area contributed by atoms with Crippen molar-refractivity contribution in [3.63, 3.8) is 0 Å². The summed E-state index contributed by atoms with van der Waals surface area (Å²) in [6, 6.07) is 6.45. The van der Waals surface area contributed by atoms with Crippen LogP contribution >= 0.6 is 0 Å². The van der Waals surface area contributed by atoms with Gasteiger partial charge in [0.2, 0.25) is 0 Å². The first-order valence-electron chi connectivity index (χ1n) is 4.71. The average Bonchev–Trinajstić information content (AvgIpc) is 2.33. The highest BCUT2D eigenvalue weighted by Gasteiger charge is 2.27. The van der Waals surface area contributed by atoms with Crippen LogP contribution in [0.15, 0.2) is 48.6 Å². The van der Waals surface area contributed by atoms with Crippen molar-refractivity contribution in [1.82, 2.24) is 0 Å². The highest BCUT2D eigenvalue weighted by atomic mass is 16.2. The van der Waals surface area contributed by atoms with Crippen LogP contribution in [-0.2, 0) is 4.79 Å². The summed E-state index contributed by atoms with van der Waals surface area (Å²) in [5, 5.41) is 0. The van der Waals surface area contributed by atoms with Crippen molar-refractivity contribution in [2.24, 2.45) is 0 Å². The van der Waals surface area contributed by atoms with Crippen molar-refractivity contribution in [2.45, 2.75) is 0 Å². The highest BCUT2D eigenvalue weighted by Crippen LogP contribution is 2.21. The summed E-state index contributed by atoms with van der Waals surface area (Å²) >= 11 is 0. The maximum absolute atomic E-state index is 11.9. The van der Waals surface area contributed by atoms with Crippen molar-refractivity contribution < 1.29 is 14.4 Å². The number of hydrogen-bond acceptors (Lipinski definition) is 3. The molecule has 3 heteroatoms. The lowest BCUT2D eigenvalue weighted by Gasteiger charge is -2.12. The van der Waals surface area contributed by atoms with E-state index in [0.717, 1.165) is 12.2 Å². The predicted octanol–water partition coefficient (Wildman–Crippen LogP) is 1.75. The molecule has 3 nitrogen and oxygen atoms in total. The third-order valence-electron chi connectivity index (χ3n) is 2.41. The zero-order valence-electron chi connectivity index (χ0n) is 8.40. The smallest absolute Gasteiger partial charge is 0.197 e. The summed E-state index contributed by atoms with van der Waals surface area (Å²) in [5.74, 6) is -1.26. The number of rotatable bonds is 2. The molecular formula is C13H8O3. The lowest BCUT2D eigenvalue weighted by Crippen LogP contribution is -2.20. The molecule has 0 heterocycles. The van der Waals surface area contributed by atoms with Crippen LogP contribution in [0, 0.1) is 0 Å². The lowest BCUT2D eigenvalue weighted by molar-refractivity contribution is -0.111.